The summed E-state index contributed by atoms with van der Waals surface area (Å²) < 4.78 is 22.2. The minimum atomic E-state index is -3.71. The van der Waals surface area contributed by atoms with Gasteiger partial charge in [-0.2, -0.15) is 0 Å². The SMILES string of the molecule is C#CCSCCNc1ccc(S(N)(=O)=O)cc1N. The monoisotopic (exact) mass is 285 g/mol. The molecule has 0 radical (unpaired) electrons. The Hall–Kier alpha value is -1.36. The first-order valence-corrected chi connectivity index (χ1v) is 7.82. The lowest BCUT2D eigenvalue weighted by Crippen LogP contribution is -2.13. The maximum Gasteiger partial charge on any atom is 0.238 e. The minimum absolute atomic E-state index is 0.00672. The van der Waals surface area contributed by atoms with Crippen LogP contribution in [0.4, 0.5) is 11.4 Å². The number of terminal acetylenes is 1. The molecule has 18 heavy (non-hydrogen) atoms. The van der Waals surface area contributed by atoms with Gasteiger partial charge in [0.05, 0.1) is 22.0 Å². The lowest BCUT2D eigenvalue weighted by Gasteiger charge is -2.09. The molecule has 98 valence electrons. The molecule has 0 unspecified atom stereocenters. The van der Waals surface area contributed by atoms with E-state index in [1.54, 1.807) is 17.8 Å². The van der Waals surface area contributed by atoms with E-state index in [1.807, 2.05) is 0 Å². The molecule has 1 aromatic carbocycles. The van der Waals surface area contributed by atoms with Crippen molar-refractivity contribution >= 4 is 33.2 Å². The zero-order valence-electron chi connectivity index (χ0n) is 9.72. The van der Waals surface area contributed by atoms with Crippen LogP contribution in [0.5, 0.6) is 0 Å². The fraction of sp³-hybridized carbons (Fsp3) is 0.273. The van der Waals surface area contributed by atoms with Crippen LogP contribution in [0.1, 0.15) is 0 Å². The van der Waals surface area contributed by atoms with Crippen LogP contribution >= 0.6 is 11.8 Å². The summed E-state index contributed by atoms with van der Waals surface area (Å²) >= 11 is 1.63. The number of benzene rings is 1. The molecule has 0 spiro atoms. The van der Waals surface area contributed by atoms with Gasteiger partial charge in [0.25, 0.3) is 0 Å². The molecule has 0 saturated carbocycles. The highest BCUT2D eigenvalue weighted by Gasteiger charge is 2.09. The fourth-order valence-corrected chi connectivity index (χ4v) is 2.33. The zero-order chi connectivity index (χ0) is 13.6. The Morgan fingerprint density at radius 1 is 1.44 bits per heavy atom. The molecule has 1 aromatic rings. The Morgan fingerprint density at radius 2 is 2.17 bits per heavy atom. The molecule has 0 heterocycles. The summed E-state index contributed by atoms with van der Waals surface area (Å²) in [5.74, 6) is 4.05. The van der Waals surface area contributed by atoms with Crippen molar-refractivity contribution in [2.24, 2.45) is 5.14 Å². The smallest absolute Gasteiger partial charge is 0.238 e. The minimum Gasteiger partial charge on any atom is -0.397 e. The standard InChI is InChI=1S/C11H15N3O2S2/c1-2-6-17-7-5-14-11-4-3-9(8-10(11)12)18(13,15)16/h1,3-4,8,14H,5-7,12H2,(H2,13,15,16). The lowest BCUT2D eigenvalue weighted by molar-refractivity contribution is 0.598. The molecule has 0 aliphatic carbocycles. The maximum atomic E-state index is 11.1. The van der Waals surface area contributed by atoms with Crippen molar-refractivity contribution in [3.05, 3.63) is 18.2 Å². The number of nitrogens with two attached hydrogens (primary N) is 2. The third-order valence-electron chi connectivity index (χ3n) is 2.10. The number of hydrogen-bond acceptors (Lipinski definition) is 5. The molecule has 5 N–H and O–H groups in total. The number of anilines is 2. The van der Waals surface area contributed by atoms with E-state index in [0.717, 1.165) is 5.75 Å². The van der Waals surface area contributed by atoms with Gasteiger partial charge in [-0.25, -0.2) is 13.6 Å². The van der Waals surface area contributed by atoms with Crippen LogP contribution in [-0.4, -0.2) is 26.5 Å². The van der Waals surface area contributed by atoms with E-state index >= 15 is 0 Å². The van der Waals surface area contributed by atoms with Crippen molar-refractivity contribution in [1.29, 1.82) is 0 Å². The first-order valence-electron chi connectivity index (χ1n) is 5.12. The molecule has 1 rings (SSSR count). The highest BCUT2D eigenvalue weighted by Crippen LogP contribution is 2.21. The summed E-state index contributed by atoms with van der Waals surface area (Å²) in [4.78, 5) is 0.00672. The number of nitrogens with one attached hydrogen (secondary N) is 1. The zero-order valence-corrected chi connectivity index (χ0v) is 11.4. The van der Waals surface area contributed by atoms with Crippen molar-refractivity contribution in [2.45, 2.75) is 4.90 Å². The number of thioether (sulfide) groups is 1. The number of sulfonamides is 1. The molecule has 0 aliphatic heterocycles. The van der Waals surface area contributed by atoms with Crippen LogP contribution < -0.4 is 16.2 Å². The van der Waals surface area contributed by atoms with Gasteiger partial charge in [0, 0.05) is 12.3 Å². The molecule has 0 aliphatic rings. The molecule has 0 bridgehead atoms. The Morgan fingerprint density at radius 3 is 2.72 bits per heavy atom. The van der Waals surface area contributed by atoms with Crippen LogP contribution in [0, 0.1) is 12.3 Å². The topological polar surface area (TPSA) is 98.2 Å². The third-order valence-corrected chi connectivity index (χ3v) is 3.87. The molecular weight excluding hydrogens is 270 g/mol. The second-order valence-electron chi connectivity index (χ2n) is 3.48. The molecule has 7 heteroatoms. The van der Waals surface area contributed by atoms with Gasteiger partial charge in [-0.15, -0.1) is 18.2 Å². The van der Waals surface area contributed by atoms with Crippen molar-refractivity contribution in [2.75, 3.05) is 29.1 Å². The fourth-order valence-electron chi connectivity index (χ4n) is 1.27. The Balaban J connectivity index is 2.61. The van der Waals surface area contributed by atoms with Crippen LogP contribution in [0.3, 0.4) is 0 Å². The normalized spacial score (nSPS) is 10.9. The Labute approximate surface area is 111 Å². The Kier molecular flexibility index (Phi) is 5.34. The molecule has 0 amide bonds. The van der Waals surface area contributed by atoms with Gasteiger partial charge in [0.15, 0.2) is 0 Å². The average Bonchev–Trinajstić information content (AvgIpc) is 2.29. The van der Waals surface area contributed by atoms with E-state index in [1.165, 1.54) is 12.1 Å². The van der Waals surface area contributed by atoms with Crippen LogP contribution in [0.2, 0.25) is 0 Å². The lowest BCUT2D eigenvalue weighted by atomic mass is 10.2. The number of rotatable bonds is 6. The Bertz CT molecular complexity index is 550. The quantitative estimate of drug-likeness (QED) is 0.406. The summed E-state index contributed by atoms with van der Waals surface area (Å²) in [6.07, 6.45) is 5.12. The first-order chi connectivity index (χ1) is 8.45. The number of hydrogen-bond donors (Lipinski definition) is 3. The largest absolute Gasteiger partial charge is 0.397 e. The first kappa shape index (κ1) is 14.7. The maximum absolute atomic E-state index is 11.1. The van der Waals surface area contributed by atoms with Gasteiger partial charge in [-0.05, 0) is 18.2 Å². The highest BCUT2D eigenvalue weighted by molar-refractivity contribution is 7.99. The molecular formula is C11H15N3O2S2. The van der Waals surface area contributed by atoms with Gasteiger partial charge in [-0.1, -0.05) is 5.92 Å². The molecule has 0 saturated heterocycles. The molecule has 0 aromatic heterocycles. The van der Waals surface area contributed by atoms with Gasteiger partial charge >= 0.3 is 0 Å². The summed E-state index contributed by atoms with van der Waals surface area (Å²) in [5, 5.41) is 8.11. The summed E-state index contributed by atoms with van der Waals surface area (Å²) in [6.45, 7) is 0.700. The second-order valence-corrected chi connectivity index (χ2v) is 6.14. The van der Waals surface area contributed by atoms with Crippen molar-refractivity contribution in [3.8, 4) is 12.3 Å². The summed E-state index contributed by atoms with van der Waals surface area (Å²) in [6, 6.07) is 4.36. The van der Waals surface area contributed by atoms with E-state index in [9.17, 15) is 8.42 Å². The molecule has 0 fully saturated rings. The number of primary sulfonamides is 1. The van der Waals surface area contributed by atoms with Gasteiger partial charge < -0.3 is 11.1 Å². The second kappa shape index (κ2) is 6.54. The predicted octanol–water partition coefficient (Wildman–Crippen LogP) is 0.694. The predicted molar refractivity (Wildman–Crippen MR) is 76.9 cm³/mol. The number of nitrogen functional groups attached to an aromatic ring is 1. The molecule has 5 nitrogen and oxygen atoms in total. The van der Waals surface area contributed by atoms with E-state index in [2.05, 4.69) is 11.2 Å². The van der Waals surface area contributed by atoms with E-state index < -0.39 is 10.0 Å². The van der Waals surface area contributed by atoms with Crippen molar-refractivity contribution < 1.29 is 8.42 Å². The van der Waals surface area contributed by atoms with E-state index in [0.29, 0.717) is 23.7 Å². The van der Waals surface area contributed by atoms with Crippen LogP contribution in [0.15, 0.2) is 23.1 Å². The van der Waals surface area contributed by atoms with E-state index in [-0.39, 0.29) is 4.90 Å². The van der Waals surface area contributed by atoms with E-state index in [4.69, 9.17) is 17.3 Å². The third kappa shape index (κ3) is 4.49. The van der Waals surface area contributed by atoms with Crippen molar-refractivity contribution in [1.82, 2.24) is 0 Å². The van der Waals surface area contributed by atoms with Crippen molar-refractivity contribution in [3.63, 3.8) is 0 Å². The van der Waals surface area contributed by atoms with Gasteiger partial charge in [0.2, 0.25) is 10.0 Å². The average molecular weight is 285 g/mol. The van der Waals surface area contributed by atoms with Gasteiger partial charge in [-0.3, -0.25) is 0 Å². The summed E-state index contributed by atoms with van der Waals surface area (Å²) in [7, 11) is -3.71. The van der Waals surface area contributed by atoms with Crippen LogP contribution in [-0.2, 0) is 10.0 Å². The molecule has 0 atom stereocenters. The van der Waals surface area contributed by atoms with Gasteiger partial charge in [0.1, 0.15) is 0 Å². The highest BCUT2D eigenvalue weighted by atomic mass is 32.2. The summed E-state index contributed by atoms with van der Waals surface area (Å²) in [5.41, 5.74) is 6.77. The van der Waals surface area contributed by atoms with Crippen LogP contribution in [0.25, 0.3) is 0 Å².